The van der Waals surface area contributed by atoms with Crippen LogP contribution in [0.4, 0.5) is 5.69 Å². The van der Waals surface area contributed by atoms with Crippen LogP contribution in [0, 0.1) is 19.8 Å². The second kappa shape index (κ2) is 9.43. The molecule has 1 N–H and O–H groups in total. The van der Waals surface area contributed by atoms with E-state index in [4.69, 9.17) is 4.74 Å². The molecule has 2 amide bonds. The summed E-state index contributed by atoms with van der Waals surface area (Å²) in [5, 5.41) is 2.77. The number of rotatable bonds is 6. The van der Waals surface area contributed by atoms with Crippen LogP contribution in [0.25, 0.3) is 0 Å². The van der Waals surface area contributed by atoms with E-state index in [1.807, 2.05) is 63.2 Å². The molecule has 6 nitrogen and oxygen atoms in total. The highest BCUT2D eigenvalue weighted by molar-refractivity contribution is 9.10. The Balaban J connectivity index is 1.53. The number of hydrogen-bond acceptors (Lipinski definition) is 4. The highest BCUT2D eigenvalue weighted by Crippen LogP contribution is 2.29. The molecule has 1 fully saturated rings. The van der Waals surface area contributed by atoms with Crippen LogP contribution in [-0.2, 0) is 19.1 Å². The second-order valence-electron chi connectivity index (χ2n) is 7.61. The molecule has 30 heavy (non-hydrogen) atoms. The van der Waals surface area contributed by atoms with Crippen molar-refractivity contribution in [3.63, 3.8) is 0 Å². The summed E-state index contributed by atoms with van der Waals surface area (Å²) in [6, 6.07) is 13.3. The molecule has 158 valence electrons. The lowest BCUT2D eigenvalue weighted by atomic mass is 10.1. The van der Waals surface area contributed by atoms with Gasteiger partial charge in [-0.15, -0.1) is 0 Å². The Morgan fingerprint density at radius 2 is 1.90 bits per heavy atom. The van der Waals surface area contributed by atoms with Gasteiger partial charge in [0.2, 0.25) is 5.91 Å². The lowest BCUT2D eigenvalue weighted by Gasteiger charge is -2.25. The smallest absolute Gasteiger partial charge is 0.311 e. The van der Waals surface area contributed by atoms with Gasteiger partial charge in [-0.2, -0.15) is 0 Å². The van der Waals surface area contributed by atoms with Gasteiger partial charge in [-0.1, -0.05) is 46.3 Å². The van der Waals surface area contributed by atoms with Crippen LogP contribution in [0.3, 0.4) is 0 Å². The highest BCUT2D eigenvalue weighted by Gasteiger charge is 2.38. The number of ether oxygens (including phenoxy) is 1. The molecule has 2 aromatic rings. The summed E-state index contributed by atoms with van der Waals surface area (Å²) in [6.45, 7) is 5.67. The number of hydrogen-bond donors (Lipinski definition) is 1. The number of anilines is 1. The van der Waals surface area contributed by atoms with Crippen LogP contribution in [0.1, 0.15) is 36.1 Å². The number of likely N-dealkylation sites (tertiary alicyclic amines) is 1. The van der Waals surface area contributed by atoms with Gasteiger partial charge in [0.05, 0.1) is 12.0 Å². The van der Waals surface area contributed by atoms with E-state index in [-0.39, 0.29) is 25.0 Å². The zero-order valence-corrected chi connectivity index (χ0v) is 18.9. The number of halogens is 1. The summed E-state index contributed by atoms with van der Waals surface area (Å²) in [6.07, 6.45) is 0.0998. The lowest BCUT2D eigenvalue weighted by molar-refractivity contribution is -0.151. The molecule has 7 heteroatoms. The van der Waals surface area contributed by atoms with Gasteiger partial charge in [0.15, 0.2) is 6.61 Å². The summed E-state index contributed by atoms with van der Waals surface area (Å²) in [4.78, 5) is 38.8. The van der Waals surface area contributed by atoms with Gasteiger partial charge in [-0.05, 0) is 49.6 Å². The third kappa shape index (κ3) is 5.08. The van der Waals surface area contributed by atoms with E-state index in [0.29, 0.717) is 12.2 Å². The van der Waals surface area contributed by atoms with Crippen LogP contribution < -0.4 is 5.32 Å². The van der Waals surface area contributed by atoms with Crippen molar-refractivity contribution >= 4 is 39.4 Å². The molecule has 1 aliphatic heterocycles. The van der Waals surface area contributed by atoms with E-state index >= 15 is 0 Å². The van der Waals surface area contributed by atoms with Crippen LogP contribution in [-0.4, -0.2) is 35.8 Å². The normalized spacial score (nSPS) is 17.0. The zero-order chi connectivity index (χ0) is 21.8. The number of benzene rings is 2. The summed E-state index contributed by atoms with van der Waals surface area (Å²) < 4.78 is 6.16. The van der Waals surface area contributed by atoms with E-state index < -0.39 is 17.8 Å². The third-order valence-corrected chi connectivity index (χ3v) is 6.22. The number of carbonyl (C=O) groups excluding carboxylic acids is 3. The van der Waals surface area contributed by atoms with E-state index in [1.54, 1.807) is 4.90 Å². The zero-order valence-electron chi connectivity index (χ0n) is 17.3. The van der Waals surface area contributed by atoms with Crippen LogP contribution >= 0.6 is 15.9 Å². The van der Waals surface area contributed by atoms with Gasteiger partial charge in [0.1, 0.15) is 0 Å². The maximum absolute atomic E-state index is 12.4. The minimum absolute atomic E-state index is 0.0845. The number of aryl methyl sites for hydroxylation is 2. The first-order valence-corrected chi connectivity index (χ1v) is 10.6. The molecule has 0 bridgehead atoms. The van der Waals surface area contributed by atoms with Crippen LogP contribution in [0.5, 0.6) is 0 Å². The number of esters is 1. The number of carbonyl (C=O) groups is 3. The van der Waals surface area contributed by atoms with Crippen molar-refractivity contribution in [1.29, 1.82) is 0 Å². The highest BCUT2D eigenvalue weighted by atomic mass is 79.9. The Morgan fingerprint density at radius 3 is 2.60 bits per heavy atom. The van der Waals surface area contributed by atoms with Crippen molar-refractivity contribution in [2.45, 2.75) is 33.2 Å². The first-order chi connectivity index (χ1) is 14.3. The van der Waals surface area contributed by atoms with Gasteiger partial charge in [-0.25, -0.2) is 0 Å². The standard InChI is InChI=1S/C23H25BrN2O4/c1-14-10-20(15(2)9-19(14)24)25-21(27)13-30-23(29)18-11-22(28)26(12-18)16(3)17-7-5-4-6-8-17/h4-10,16,18H,11-13H2,1-3H3,(H,25,27)/t16-,18-/m0/s1. The molecular weight excluding hydrogens is 448 g/mol. The van der Waals surface area contributed by atoms with Crippen LogP contribution in [0.15, 0.2) is 46.9 Å². The first kappa shape index (κ1) is 22.0. The van der Waals surface area contributed by atoms with Crippen molar-refractivity contribution in [3.8, 4) is 0 Å². The van der Waals surface area contributed by atoms with Gasteiger partial charge >= 0.3 is 5.97 Å². The largest absolute Gasteiger partial charge is 0.455 e. The molecule has 0 unspecified atom stereocenters. The van der Waals surface area contributed by atoms with E-state index in [9.17, 15) is 14.4 Å². The predicted octanol–water partition coefficient (Wildman–Crippen LogP) is 4.16. The van der Waals surface area contributed by atoms with E-state index in [0.717, 1.165) is 21.2 Å². The molecule has 0 saturated carbocycles. The van der Waals surface area contributed by atoms with Gasteiger partial charge in [-0.3, -0.25) is 14.4 Å². The Morgan fingerprint density at radius 1 is 1.20 bits per heavy atom. The molecule has 1 aliphatic rings. The fourth-order valence-corrected chi connectivity index (χ4v) is 3.99. The molecule has 1 saturated heterocycles. The topological polar surface area (TPSA) is 75.7 Å². The molecule has 0 aliphatic carbocycles. The van der Waals surface area contributed by atoms with Crippen molar-refractivity contribution in [3.05, 3.63) is 63.6 Å². The van der Waals surface area contributed by atoms with Gasteiger partial charge in [0, 0.05) is 23.1 Å². The van der Waals surface area contributed by atoms with Crippen molar-refractivity contribution in [1.82, 2.24) is 4.90 Å². The minimum Gasteiger partial charge on any atom is -0.455 e. The third-order valence-electron chi connectivity index (χ3n) is 5.37. The molecular formula is C23H25BrN2O4. The van der Waals surface area contributed by atoms with Crippen molar-refractivity contribution in [2.24, 2.45) is 5.92 Å². The minimum atomic E-state index is -0.562. The lowest BCUT2D eigenvalue weighted by Crippen LogP contribution is -2.30. The summed E-state index contributed by atoms with van der Waals surface area (Å²) in [5.74, 6) is -1.58. The number of amides is 2. The van der Waals surface area contributed by atoms with Crippen LogP contribution in [0.2, 0.25) is 0 Å². The molecule has 1 heterocycles. The van der Waals surface area contributed by atoms with Crippen molar-refractivity contribution in [2.75, 3.05) is 18.5 Å². The Bertz CT molecular complexity index is 961. The summed E-state index contributed by atoms with van der Waals surface area (Å²) in [7, 11) is 0. The molecule has 0 spiro atoms. The second-order valence-corrected chi connectivity index (χ2v) is 8.46. The molecule has 3 rings (SSSR count). The number of nitrogens with one attached hydrogen (secondary N) is 1. The quantitative estimate of drug-likeness (QED) is 0.640. The Labute approximate surface area is 184 Å². The Hall–Kier alpha value is -2.67. The summed E-state index contributed by atoms with van der Waals surface area (Å²) in [5.41, 5.74) is 3.58. The SMILES string of the molecule is Cc1cc(NC(=O)COC(=O)[C@H]2CC(=O)N([C@@H](C)c3ccccc3)C2)c(C)cc1Br. The molecule has 0 aromatic heterocycles. The van der Waals surface area contributed by atoms with Crippen molar-refractivity contribution < 1.29 is 19.1 Å². The fourth-order valence-electron chi connectivity index (χ4n) is 3.53. The maximum Gasteiger partial charge on any atom is 0.311 e. The molecule has 2 aromatic carbocycles. The van der Waals surface area contributed by atoms with E-state index in [1.165, 1.54) is 0 Å². The number of nitrogens with zero attached hydrogens (tertiary/aromatic N) is 1. The average Bonchev–Trinajstić information content (AvgIpc) is 3.12. The fraction of sp³-hybridized carbons (Fsp3) is 0.348. The Kier molecular flexibility index (Phi) is 6.92. The predicted molar refractivity (Wildman–Crippen MR) is 118 cm³/mol. The molecule has 2 atom stereocenters. The monoisotopic (exact) mass is 472 g/mol. The van der Waals surface area contributed by atoms with E-state index in [2.05, 4.69) is 21.2 Å². The first-order valence-electron chi connectivity index (χ1n) is 9.84. The molecule has 0 radical (unpaired) electrons. The van der Waals surface area contributed by atoms with Gasteiger partial charge in [0.25, 0.3) is 5.91 Å². The maximum atomic E-state index is 12.4. The summed E-state index contributed by atoms with van der Waals surface area (Å²) >= 11 is 3.45. The van der Waals surface area contributed by atoms with Gasteiger partial charge < -0.3 is 15.0 Å². The average molecular weight is 473 g/mol.